The fourth-order valence-electron chi connectivity index (χ4n) is 2.72. The van der Waals surface area contributed by atoms with E-state index >= 15 is 0 Å². The maximum atomic E-state index is 13.4. The first-order valence-electron chi connectivity index (χ1n) is 9.21. The molecule has 0 radical (unpaired) electrons. The summed E-state index contributed by atoms with van der Waals surface area (Å²) in [5.41, 5.74) is 0.487. The highest BCUT2D eigenvalue weighted by atomic mass is 35.5. The second kappa shape index (κ2) is 10.3. The number of amides is 1. The number of unbranched alkanes of at least 4 members (excludes halogenated alkanes) is 1. The Balaban J connectivity index is 2.48. The largest absolute Gasteiger partial charge is 0.495 e. The molecule has 0 saturated heterocycles. The van der Waals surface area contributed by atoms with Gasteiger partial charge < -0.3 is 10.1 Å². The van der Waals surface area contributed by atoms with Gasteiger partial charge in [0.05, 0.1) is 34.8 Å². The molecular formula is C21H25ClN2O4S. The van der Waals surface area contributed by atoms with Gasteiger partial charge in [0.25, 0.3) is 15.9 Å². The Morgan fingerprint density at radius 3 is 2.66 bits per heavy atom. The number of halogens is 1. The Bertz CT molecular complexity index is 976. The van der Waals surface area contributed by atoms with E-state index < -0.39 is 15.9 Å². The minimum absolute atomic E-state index is 0.0311. The van der Waals surface area contributed by atoms with Crippen molar-refractivity contribution in [1.29, 1.82) is 0 Å². The molecule has 0 aliphatic heterocycles. The van der Waals surface area contributed by atoms with Crippen molar-refractivity contribution in [2.45, 2.75) is 24.7 Å². The molecular weight excluding hydrogens is 412 g/mol. The molecule has 0 aliphatic carbocycles. The third-order valence-electron chi connectivity index (χ3n) is 4.24. The van der Waals surface area contributed by atoms with Gasteiger partial charge in [-0.15, -0.1) is 6.58 Å². The van der Waals surface area contributed by atoms with Crippen molar-refractivity contribution in [3.63, 3.8) is 0 Å². The molecule has 0 atom stereocenters. The monoisotopic (exact) mass is 436 g/mol. The van der Waals surface area contributed by atoms with Gasteiger partial charge in [-0.1, -0.05) is 43.2 Å². The molecule has 0 unspecified atom stereocenters. The third-order valence-corrected chi connectivity index (χ3v) is 6.34. The SMILES string of the molecule is C=CCN(c1ccccc1OC)S(=O)(=O)c1ccc(Cl)c(C(=O)NCCCC)c1. The van der Waals surface area contributed by atoms with Crippen LogP contribution in [-0.2, 0) is 10.0 Å². The third kappa shape index (κ3) is 5.31. The molecule has 0 heterocycles. The molecule has 2 aromatic rings. The first-order valence-corrected chi connectivity index (χ1v) is 11.0. The molecule has 1 amide bonds. The number of methoxy groups -OCH3 is 1. The van der Waals surface area contributed by atoms with E-state index in [1.165, 1.54) is 35.7 Å². The zero-order chi connectivity index (χ0) is 21.4. The second-order valence-electron chi connectivity index (χ2n) is 6.25. The number of carbonyl (C=O) groups excluding carboxylic acids is 1. The minimum atomic E-state index is -4.00. The van der Waals surface area contributed by atoms with Crippen molar-refractivity contribution in [2.75, 3.05) is 24.5 Å². The number of nitrogens with zero attached hydrogens (tertiary/aromatic N) is 1. The highest BCUT2D eigenvalue weighted by molar-refractivity contribution is 7.92. The summed E-state index contributed by atoms with van der Waals surface area (Å²) in [7, 11) is -2.53. The summed E-state index contributed by atoms with van der Waals surface area (Å²) < 4.78 is 33.3. The summed E-state index contributed by atoms with van der Waals surface area (Å²) in [6.45, 7) is 6.19. The fraction of sp³-hybridized carbons (Fsp3) is 0.286. The van der Waals surface area contributed by atoms with Crippen LogP contribution in [0.4, 0.5) is 5.69 Å². The number of para-hydroxylation sites is 2. The summed E-state index contributed by atoms with van der Waals surface area (Å²) in [6, 6.07) is 10.9. The van der Waals surface area contributed by atoms with E-state index in [2.05, 4.69) is 11.9 Å². The summed E-state index contributed by atoms with van der Waals surface area (Å²) in [5, 5.41) is 2.94. The Kier molecular flexibility index (Phi) is 8.10. The highest BCUT2D eigenvalue weighted by Gasteiger charge is 2.27. The van der Waals surface area contributed by atoms with Gasteiger partial charge in [0.15, 0.2) is 0 Å². The topological polar surface area (TPSA) is 75.7 Å². The Morgan fingerprint density at radius 2 is 2.00 bits per heavy atom. The van der Waals surface area contributed by atoms with E-state index in [1.807, 2.05) is 6.92 Å². The lowest BCUT2D eigenvalue weighted by molar-refractivity contribution is 0.0953. The number of hydrogen-bond acceptors (Lipinski definition) is 4. The number of carbonyl (C=O) groups is 1. The van der Waals surface area contributed by atoms with Crippen LogP contribution in [0.3, 0.4) is 0 Å². The number of nitrogens with one attached hydrogen (secondary N) is 1. The molecule has 0 aliphatic rings. The predicted molar refractivity (Wildman–Crippen MR) is 116 cm³/mol. The van der Waals surface area contributed by atoms with E-state index in [-0.39, 0.29) is 22.0 Å². The molecule has 0 fully saturated rings. The Morgan fingerprint density at radius 1 is 1.28 bits per heavy atom. The highest BCUT2D eigenvalue weighted by Crippen LogP contribution is 2.33. The van der Waals surface area contributed by atoms with Crippen molar-refractivity contribution in [2.24, 2.45) is 0 Å². The van der Waals surface area contributed by atoms with Crippen molar-refractivity contribution in [3.05, 3.63) is 65.7 Å². The number of sulfonamides is 1. The van der Waals surface area contributed by atoms with Crippen LogP contribution in [0.2, 0.25) is 5.02 Å². The second-order valence-corrected chi connectivity index (χ2v) is 8.52. The molecule has 8 heteroatoms. The number of benzene rings is 2. The zero-order valence-corrected chi connectivity index (χ0v) is 18.1. The van der Waals surface area contributed by atoms with Crippen LogP contribution in [0.25, 0.3) is 0 Å². The number of rotatable bonds is 10. The van der Waals surface area contributed by atoms with Crippen LogP contribution >= 0.6 is 11.6 Å². The predicted octanol–water partition coefficient (Wildman–Crippen LogP) is 4.26. The van der Waals surface area contributed by atoms with E-state index in [0.29, 0.717) is 18.0 Å². The summed E-state index contributed by atoms with van der Waals surface area (Å²) in [6.07, 6.45) is 3.23. The first-order chi connectivity index (χ1) is 13.9. The summed E-state index contributed by atoms with van der Waals surface area (Å²) in [5.74, 6) is -0.00233. The number of ether oxygens (including phenoxy) is 1. The molecule has 0 aromatic heterocycles. The summed E-state index contributed by atoms with van der Waals surface area (Å²) >= 11 is 6.15. The van der Waals surface area contributed by atoms with Gasteiger partial charge in [0, 0.05) is 6.54 Å². The van der Waals surface area contributed by atoms with Crippen LogP contribution in [-0.4, -0.2) is 34.5 Å². The maximum absolute atomic E-state index is 13.4. The van der Waals surface area contributed by atoms with Crippen LogP contribution in [0, 0.1) is 0 Å². The van der Waals surface area contributed by atoms with Crippen molar-refractivity contribution in [1.82, 2.24) is 5.32 Å². The maximum Gasteiger partial charge on any atom is 0.264 e. The molecule has 0 spiro atoms. The number of anilines is 1. The quantitative estimate of drug-likeness (QED) is 0.446. The van der Waals surface area contributed by atoms with Crippen LogP contribution in [0.5, 0.6) is 5.75 Å². The lowest BCUT2D eigenvalue weighted by atomic mass is 10.2. The zero-order valence-electron chi connectivity index (χ0n) is 16.5. The minimum Gasteiger partial charge on any atom is -0.495 e. The smallest absolute Gasteiger partial charge is 0.264 e. The molecule has 29 heavy (non-hydrogen) atoms. The lowest BCUT2D eigenvalue weighted by Crippen LogP contribution is -2.32. The molecule has 156 valence electrons. The van der Waals surface area contributed by atoms with E-state index in [1.54, 1.807) is 24.3 Å². The molecule has 1 N–H and O–H groups in total. The standard InChI is InChI=1S/C21H25ClN2O4S/c1-4-6-13-23-21(25)17-15-16(11-12-18(17)22)29(26,27)24(14-5-2)19-9-7-8-10-20(19)28-3/h5,7-12,15H,2,4,6,13-14H2,1,3H3,(H,23,25). The van der Waals surface area contributed by atoms with Gasteiger partial charge in [-0.3, -0.25) is 9.10 Å². The first kappa shape index (κ1) is 22.8. The van der Waals surface area contributed by atoms with Crippen LogP contribution in [0.1, 0.15) is 30.1 Å². The number of hydrogen-bond donors (Lipinski definition) is 1. The Hall–Kier alpha value is -2.51. The molecule has 0 saturated carbocycles. The van der Waals surface area contributed by atoms with E-state index in [9.17, 15) is 13.2 Å². The normalized spacial score (nSPS) is 11.0. The van der Waals surface area contributed by atoms with Gasteiger partial charge in [-0.05, 0) is 36.8 Å². The molecule has 2 rings (SSSR count). The van der Waals surface area contributed by atoms with Gasteiger partial charge >= 0.3 is 0 Å². The van der Waals surface area contributed by atoms with E-state index in [0.717, 1.165) is 12.8 Å². The van der Waals surface area contributed by atoms with Gasteiger partial charge in [0.1, 0.15) is 5.75 Å². The van der Waals surface area contributed by atoms with Crippen LogP contribution in [0.15, 0.2) is 60.0 Å². The van der Waals surface area contributed by atoms with Gasteiger partial charge in [0.2, 0.25) is 0 Å². The molecule has 6 nitrogen and oxygen atoms in total. The Labute approximate surface area is 177 Å². The van der Waals surface area contributed by atoms with Crippen molar-refractivity contribution < 1.29 is 17.9 Å². The van der Waals surface area contributed by atoms with Crippen molar-refractivity contribution >= 4 is 33.2 Å². The fourth-order valence-corrected chi connectivity index (χ4v) is 4.40. The average Bonchev–Trinajstić information content (AvgIpc) is 2.72. The van der Waals surface area contributed by atoms with Crippen molar-refractivity contribution in [3.8, 4) is 5.75 Å². The molecule has 0 bridgehead atoms. The lowest BCUT2D eigenvalue weighted by Gasteiger charge is -2.25. The van der Waals surface area contributed by atoms with Crippen LogP contribution < -0.4 is 14.4 Å². The average molecular weight is 437 g/mol. The summed E-state index contributed by atoms with van der Waals surface area (Å²) in [4.78, 5) is 12.4. The molecule has 2 aromatic carbocycles. The van der Waals surface area contributed by atoms with Gasteiger partial charge in [-0.2, -0.15) is 0 Å². The van der Waals surface area contributed by atoms with Gasteiger partial charge in [-0.25, -0.2) is 8.42 Å². The van der Waals surface area contributed by atoms with E-state index in [4.69, 9.17) is 16.3 Å².